The number of carbonyl (C=O) groups is 2. The third kappa shape index (κ3) is 4.38. The second-order valence-corrected chi connectivity index (χ2v) is 7.08. The van der Waals surface area contributed by atoms with Gasteiger partial charge in [0.25, 0.3) is 0 Å². The summed E-state index contributed by atoms with van der Waals surface area (Å²) >= 11 is 0. The van der Waals surface area contributed by atoms with Crippen molar-refractivity contribution in [1.82, 2.24) is 24.7 Å². The van der Waals surface area contributed by atoms with E-state index in [4.69, 9.17) is 0 Å². The maximum Gasteiger partial charge on any atom is 0.228 e. The number of carbonyl (C=O) groups excluding carboxylic acids is 2. The summed E-state index contributed by atoms with van der Waals surface area (Å²) in [6.07, 6.45) is 6.89. The lowest BCUT2D eigenvalue weighted by Gasteiger charge is -2.40. The van der Waals surface area contributed by atoms with Crippen LogP contribution in [0.25, 0.3) is 0 Å². The molecule has 2 unspecified atom stereocenters. The van der Waals surface area contributed by atoms with E-state index in [-0.39, 0.29) is 36.2 Å². The van der Waals surface area contributed by atoms with Crippen molar-refractivity contribution in [3.05, 3.63) is 18.2 Å². The highest BCUT2D eigenvalue weighted by Gasteiger charge is 2.36. The van der Waals surface area contributed by atoms with E-state index in [0.29, 0.717) is 19.5 Å². The highest BCUT2D eigenvalue weighted by molar-refractivity contribution is 5.85. The summed E-state index contributed by atoms with van der Waals surface area (Å²) < 4.78 is 1.98. The Kier molecular flexibility index (Phi) is 7.46. The zero-order chi connectivity index (χ0) is 17.8. The third-order valence-corrected chi connectivity index (χ3v) is 5.27. The Labute approximate surface area is 161 Å². The van der Waals surface area contributed by atoms with Crippen LogP contribution in [0.15, 0.2) is 12.4 Å². The number of hydrogen-bond acceptors (Lipinski definition) is 4. The largest absolute Gasteiger partial charge is 0.342 e. The molecule has 3 heterocycles. The second-order valence-electron chi connectivity index (χ2n) is 7.08. The Hall–Kier alpha value is -1.60. The van der Waals surface area contributed by atoms with E-state index in [1.807, 2.05) is 34.5 Å². The number of hydrogen-bond donors (Lipinski definition) is 1. The molecule has 7 nitrogen and oxygen atoms in total. The minimum absolute atomic E-state index is 0. The zero-order valence-electron chi connectivity index (χ0n) is 15.7. The normalized spacial score (nSPS) is 23.5. The fourth-order valence-electron chi connectivity index (χ4n) is 3.91. The van der Waals surface area contributed by atoms with Crippen LogP contribution in [-0.2, 0) is 16.6 Å². The van der Waals surface area contributed by atoms with Gasteiger partial charge in [0.05, 0.1) is 5.92 Å². The lowest BCUT2D eigenvalue weighted by atomic mass is 9.95. The quantitative estimate of drug-likeness (QED) is 0.852. The number of nitrogens with zero attached hydrogens (tertiary/aromatic N) is 4. The standard InChI is InChI=1S/C18H29N5O2.ClH/c1-3-5-16(24)22-9-4-6-14(13-22)18(25)23-11-7-19-12-15(23)17-20-8-10-21(17)2;/h8,10,14-15,19H,3-7,9,11-13H2,1-2H3;1H. The van der Waals surface area contributed by atoms with Crippen molar-refractivity contribution >= 4 is 24.2 Å². The summed E-state index contributed by atoms with van der Waals surface area (Å²) in [5.74, 6) is 1.18. The van der Waals surface area contributed by atoms with Gasteiger partial charge in [-0.1, -0.05) is 6.92 Å². The van der Waals surface area contributed by atoms with Gasteiger partial charge in [-0.3, -0.25) is 9.59 Å². The zero-order valence-corrected chi connectivity index (χ0v) is 16.5. The Bertz CT molecular complexity index is 620. The highest BCUT2D eigenvalue weighted by Crippen LogP contribution is 2.26. The van der Waals surface area contributed by atoms with Crippen molar-refractivity contribution in [1.29, 1.82) is 0 Å². The predicted octanol–water partition coefficient (Wildman–Crippen LogP) is 1.35. The topological polar surface area (TPSA) is 70.5 Å². The molecular formula is C18H30ClN5O2. The Morgan fingerprint density at radius 1 is 1.35 bits per heavy atom. The number of likely N-dealkylation sites (tertiary alicyclic amines) is 1. The van der Waals surface area contributed by atoms with Crippen LogP contribution in [0.3, 0.4) is 0 Å². The van der Waals surface area contributed by atoms with Crippen molar-refractivity contribution < 1.29 is 9.59 Å². The number of aryl methyl sites for hydroxylation is 1. The van der Waals surface area contributed by atoms with Crippen LogP contribution < -0.4 is 5.32 Å². The predicted molar refractivity (Wildman–Crippen MR) is 102 cm³/mol. The van der Waals surface area contributed by atoms with E-state index in [0.717, 1.165) is 44.7 Å². The summed E-state index contributed by atoms with van der Waals surface area (Å²) in [4.78, 5) is 33.7. The van der Waals surface area contributed by atoms with Crippen molar-refractivity contribution in [3.63, 3.8) is 0 Å². The van der Waals surface area contributed by atoms with E-state index < -0.39 is 0 Å². The molecule has 0 aromatic carbocycles. The fourth-order valence-corrected chi connectivity index (χ4v) is 3.91. The van der Waals surface area contributed by atoms with Crippen molar-refractivity contribution in [2.45, 2.75) is 38.6 Å². The summed E-state index contributed by atoms with van der Waals surface area (Å²) in [6, 6.07) is -0.0389. The molecule has 2 aliphatic heterocycles. The molecule has 8 heteroatoms. The number of aromatic nitrogens is 2. The molecule has 2 amide bonds. The number of piperazine rings is 1. The molecule has 1 aromatic heterocycles. The minimum Gasteiger partial charge on any atom is -0.342 e. The van der Waals surface area contributed by atoms with Crippen LogP contribution in [0.1, 0.15) is 44.5 Å². The maximum atomic E-state index is 13.2. The smallest absolute Gasteiger partial charge is 0.228 e. The fraction of sp³-hybridized carbons (Fsp3) is 0.722. The molecule has 3 rings (SSSR count). The van der Waals surface area contributed by atoms with Crippen molar-refractivity contribution in [2.75, 3.05) is 32.7 Å². The lowest BCUT2D eigenvalue weighted by molar-refractivity contribution is -0.143. The molecule has 0 saturated carbocycles. The molecule has 2 atom stereocenters. The maximum absolute atomic E-state index is 13.2. The summed E-state index contributed by atoms with van der Waals surface area (Å²) in [5, 5.41) is 3.37. The molecular weight excluding hydrogens is 354 g/mol. The summed E-state index contributed by atoms with van der Waals surface area (Å²) in [5.41, 5.74) is 0. The molecule has 1 aromatic rings. The van der Waals surface area contributed by atoms with Gasteiger partial charge >= 0.3 is 0 Å². The average Bonchev–Trinajstić information content (AvgIpc) is 3.07. The molecule has 0 radical (unpaired) electrons. The molecule has 0 aliphatic carbocycles. The first-order valence-electron chi connectivity index (χ1n) is 9.38. The van der Waals surface area contributed by atoms with E-state index >= 15 is 0 Å². The van der Waals surface area contributed by atoms with Gasteiger partial charge in [-0.2, -0.15) is 0 Å². The number of piperidine rings is 1. The molecule has 26 heavy (non-hydrogen) atoms. The van der Waals surface area contributed by atoms with Crippen molar-refractivity contribution in [2.24, 2.45) is 13.0 Å². The van der Waals surface area contributed by atoms with Gasteiger partial charge < -0.3 is 19.7 Å². The van der Waals surface area contributed by atoms with E-state index in [1.54, 1.807) is 6.20 Å². The van der Waals surface area contributed by atoms with Crippen molar-refractivity contribution in [3.8, 4) is 0 Å². The van der Waals surface area contributed by atoms with E-state index in [9.17, 15) is 9.59 Å². The first kappa shape index (κ1) is 20.7. The number of amides is 2. The molecule has 2 saturated heterocycles. The van der Waals surface area contributed by atoms with Gasteiger partial charge in [-0.05, 0) is 19.3 Å². The number of rotatable bonds is 4. The third-order valence-electron chi connectivity index (χ3n) is 5.27. The summed E-state index contributed by atoms with van der Waals surface area (Å²) in [6.45, 7) is 5.58. The lowest BCUT2D eigenvalue weighted by Crippen LogP contribution is -2.53. The van der Waals surface area contributed by atoms with Gasteiger partial charge in [-0.15, -0.1) is 12.4 Å². The summed E-state index contributed by atoms with van der Waals surface area (Å²) in [7, 11) is 1.96. The number of halogens is 1. The Balaban J connectivity index is 0.00000243. The second kappa shape index (κ2) is 9.37. The number of nitrogens with one attached hydrogen (secondary N) is 1. The van der Waals surface area contributed by atoms with Gasteiger partial charge in [0.2, 0.25) is 11.8 Å². The van der Waals surface area contributed by atoms with Crippen LogP contribution in [0.5, 0.6) is 0 Å². The van der Waals surface area contributed by atoms with Crippen LogP contribution in [0.2, 0.25) is 0 Å². The Morgan fingerprint density at radius 3 is 2.85 bits per heavy atom. The molecule has 146 valence electrons. The van der Waals surface area contributed by atoms with Crippen LogP contribution in [0.4, 0.5) is 0 Å². The van der Waals surface area contributed by atoms with Crippen LogP contribution in [-0.4, -0.2) is 63.9 Å². The SMILES string of the molecule is CCCC(=O)N1CCCC(C(=O)N2CCNCC2c2nccn2C)C1.Cl. The first-order valence-corrected chi connectivity index (χ1v) is 9.38. The number of imidazole rings is 1. The van der Waals surface area contributed by atoms with Gasteiger partial charge in [0.15, 0.2) is 0 Å². The molecule has 2 fully saturated rings. The van der Waals surface area contributed by atoms with Crippen LogP contribution >= 0.6 is 12.4 Å². The monoisotopic (exact) mass is 383 g/mol. The molecule has 2 aliphatic rings. The van der Waals surface area contributed by atoms with Crippen LogP contribution in [0, 0.1) is 5.92 Å². The molecule has 0 bridgehead atoms. The van der Waals surface area contributed by atoms with Gasteiger partial charge in [0, 0.05) is 58.6 Å². The molecule has 0 spiro atoms. The van der Waals surface area contributed by atoms with E-state index in [1.165, 1.54) is 0 Å². The average molecular weight is 384 g/mol. The van der Waals surface area contributed by atoms with E-state index in [2.05, 4.69) is 10.3 Å². The highest BCUT2D eigenvalue weighted by atomic mass is 35.5. The Morgan fingerprint density at radius 2 is 2.15 bits per heavy atom. The van der Waals surface area contributed by atoms with Gasteiger partial charge in [-0.25, -0.2) is 4.98 Å². The molecule has 1 N–H and O–H groups in total. The first-order chi connectivity index (χ1) is 12.1. The van der Waals surface area contributed by atoms with Gasteiger partial charge in [0.1, 0.15) is 11.9 Å². The minimum atomic E-state index is -0.0876.